The maximum Gasteiger partial charge on any atom is 0.123 e. The lowest BCUT2D eigenvalue weighted by Gasteiger charge is -2.19. The van der Waals surface area contributed by atoms with Crippen molar-refractivity contribution < 1.29 is 5.11 Å². The van der Waals surface area contributed by atoms with E-state index in [1.807, 2.05) is 0 Å². The van der Waals surface area contributed by atoms with Crippen LogP contribution in [-0.2, 0) is 0 Å². The number of nitrogens with two attached hydrogens (primary N) is 1. The van der Waals surface area contributed by atoms with Crippen LogP contribution in [0, 0.1) is 0 Å². The first-order chi connectivity index (χ1) is 7.31. The Bertz CT molecular complexity index is 307. The average Bonchev–Trinajstić information content (AvgIpc) is 2.78. The fraction of sp³-hybridized carbons (Fsp3) is 0.727. The molecule has 1 aromatic rings. The van der Waals surface area contributed by atoms with Gasteiger partial charge in [0.05, 0.1) is 5.69 Å². The minimum Gasteiger partial charge on any atom is -0.385 e. The molecular formula is C11H18N2OS. The molecule has 1 fully saturated rings. The number of hydrogen-bond acceptors (Lipinski definition) is 4. The average molecular weight is 226 g/mol. The molecule has 0 saturated heterocycles. The van der Waals surface area contributed by atoms with E-state index in [2.05, 4.69) is 10.4 Å². The lowest BCUT2D eigenvalue weighted by atomic mass is 9.87. The van der Waals surface area contributed by atoms with Crippen molar-refractivity contribution in [1.29, 1.82) is 0 Å². The number of aromatic nitrogens is 1. The Hall–Kier alpha value is -0.450. The summed E-state index contributed by atoms with van der Waals surface area (Å²) in [6.07, 6.45) is 5.92. The molecule has 2 rings (SSSR count). The summed E-state index contributed by atoms with van der Waals surface area (Å²) in [5.41, 5.74) is 6.58. The van der Waals surface area contributed by atoms with E-state index >= 15 is 0 Å². The monoisotopic (exact) mass is 226 g/mol. The molecule has 0 radical (unpaired) electrons. The van der Waals surface area contributed by atoms with Gasteiger partial charge in [0.2, 0.25) is 0 Å². The molecule has 0 spiro atoms. The van der Waals surface area contributed by atoms with Crippen LogP contribution in [-0.4, -0.2) is 16.6 Å². The minimum absolute atomic E-state index is 0.262. The SMILES string of the molecule is NCC(O)c1nc(C2CCCCC2)cs1. The molecule has 15 heavy (non-hydrogen) atoms. The van der Waals surface area contributed by atoms with E-state index in [0.29, 0.717) is 5.92 Å². The summed E-state index contributed by atoms with van der Waals surface area (Å²) >= 11 is 1.53. The maximum absolute atomic E-state index is 9.56. The number of aliphatic hydroxyl groups is 1. The standard InChI is InChI=1S/C11H18N2OS/c12-6-10(14)11-13-9(7-15-11)8-4-2-1-3-5-8/h7-8,10,14H,1-6,12H2. The van der Waals surface area contributed by atoms with Gasteiger partial charge >= 0.3 is 0 Å². The molecule has 1 aromatic heterocycles. The van der Waals surface area contributed by atoms with Gasteiger partial charge in [-0.3, -0.25) is 0 Å². The second-order valence-corrected chi connectivity index (χ2v) is 5.09. The summed E-state index contributed by atoms with van der Waals surface area (Å²) in [6, 6.07) is 0. The Kier molecular flexibility index (Phi) is 3.72. The second-order valence-electron chi connectivity index (χ2n) is 4.20. The third-order valence-corrected chi connectivity index (χ3v) is 4.04. The summed E-state index contributed by atoms with van der Waals surface area (Å²) < 4.78 is 0. The van der Waals surface area contributed by atoms with Crippen molar-refractivity contribution >= 4 is 11.3 Å². The summed E-state index contributed by atoms with van der Waals surface area (Å²) in [5.74, 6) is 0.619. The number of thiazole rings is 1. The molecule has 3 N–H and O–H groups in total. The van der Waals surface area contributed by atoms with Gasteiger partial charge < -0.3 is 10.8 Å². The predicted octanol–water partition coefficient (Wildman–Crippen LogP) is 2.18. The van der Waals surface area contributed by atoms with Gasteiger partial charge in [-0.25, -0.2) is 4.98 Å². The van der Waals surface area contributed by atoms with Crippen molar-refractivity contribution in [1.82, 2.24) is 4.98 Å². The largest absolute Gasteiger partial charge is 0.385 e. The maximum atomic E-state index is 9.56. The highest BCUT2D eigenvalue weighted by Crippen LogP contribution is 2.33. The summed E-state index contributed by atoms with van der Waals surface area (Å²) in [6.45, 7) is 0.262. The normalized spacial score (nSPS) is 20.4. The smallest absolute Gasteiger partial charge is 0.123 e. The molecule has 1 atom stereocenters. The van der Waals surface area contributed by atoms with E-state index < -0.39 is 6.10 Å². The van der Waals surface area contributed by atoms with Crippen LogP contribution in [0.25, 0.3) is 0 Å². The molecule has 1 unspecified atom stereocenters. The zero-order valence-electron chi connectivity index (χ0n) is 8.85. The molecule has 1 aliphatic rings. The van der Waals surface area contributed by atoms with Crippen LogP contribution in [0.4, 0.5) is 0 Å². The van der Waals surface area contributed by atoms with E-state index in [4.69, 9.17) is 5.73 Å². The Balaban J connectivity index is 2.05. The van der Waals surface area contributed by atoms with Crippen LogP contribution in [0.2, 0.25) is 0 Å². The predicted molar refractivity (Wildman–Crippen MR) is 62.0 cm³/mol. The zero-order valence-corrected chi connectivity index (χ0v) is 9.67. The van der Waals surface area contributed by atoms with E-state index in [1.165, 1.54) is 49.1 Å². The fourth-order valence-corrected chi connectivity index (χ4v) is 3.04. The molecule has 1 saturated carbocycles. The van der Waals surface area contributed by atoms with E-state index in [-0.39, 0.29) is 6.54 Å². The molecule has 4 heteroatoms. The van der Waals surface area contributed by atoms with Gasteiger partial charge in [0.25, 0.3) is 0 Å². The summed E-state index contributed by atoms with van der Waals surface area (Å²) in [7, 11) is 0. The van der Waals surface area contributed by atoms with Crippen molar-refractivity contribution in [3.8, 4) is 0 Å². The van der Waals surface area contributed by atoms with Crippen LogP contribution in [0.15, 0.2) is 5.38 Å². The Morgan fingerprint density at radius 1 is 1.47 bits per heavy atom. The van der Waals surface area contributed by atoms with Gasteiger partial charge in [-0.2, -0.15) is 0 Å². The molecule has 84 valence electrons. The van der Waals surface area contributed by atoms with Crippen molar-refractivity contribution in [3.05, 3.63) is 16.1 Å². The number of hydrogen-bond donors (Lipinski definition) is 2. The molecule has 0 bridgehead atoms. The Morgan fingerprint density at radius 3 is 2.87 bits per heavy atom. The first kappa shape index (κ1) is 11.0. The number of nitrogens with zero attached hydrogens (tertiary/aromatic N) is 1. The number of rotatable bonds is 3. The van der Waals surface area contributed by atoms with Gasteiger partial charge in [0.1, 0.15) is 11.1 Å². The van der Waals surface area contributed by atoms with Crippen LogP contribution in [0.5, 0.6) is 0 Å². The van der Waals surface area contributed by atoms with E-state index in [1.54, 1.807) is 0 Å². The molecule has 3 nitrogen and oxygen atoms in total. The highest BCUT2D eigenvalue weighted by atomic mass is 32.1. The molecule has 0 aliphatic heterocycles. The topological polar surface area (TPSA) is 59.1 Å². The van der Waals surface area contributed by atoms with E-state index in [9.17, 15) is 5.11 Å². The zero-order chi connectivity index (χ0) is 10.7. The number of aliphatic hydroxyl groups excluding tert-OH is 1. The molecule has 1 aliphatic carbocycles. The Morgan fingerprint density at radius 2 is 2.20 bits per heavy atom. The Labute approximate surface area is 94.3 Å². The first-order valence-corrected chi connectivity index (χ1v) is 6.52. The highest BCUT2D eigenvalue weighted by molar-refractivity contribution is 7.09. The van der Waals surface area contributed by atoms with Gasteiger partial charge in [-0.1, -0.05) is 19.3 Å². The first-order valence-electron chi connectivity index (χ1n) is 5.64. The van der Waals surface area contributed by atoms with Gasteiger partial charge in [-0.15, -0.1) is 11.3 Å². The van der Waals surface area contributed by atoms with Crippen molar-refractivity contribution in [2.45, 2.75) is 44.1 Å². The fourth-order valence-electron chi connectivity index (χ4n) is 2.14. The lowest BCUT2D eigenvalue weighted by molar-refractivity contribution is 0.186. The van der Waals surface area contributed by atoms with Crippen molar-refractivity contribution in [2.24, 2.45) is 5.73 Å². The minimum atomic E-state index is -0.577. The van der Waals surface area contributed by atoms with Crippen LogP contribution < -0.4 is 5.73 Å². The molecule has 0 amide bonds. The van der Waals surface area contributed by atoms with Crippen molar-refractivity contribution in [2.75, 3.05) is 6.54 Å². The van der Waals surface area contributed by atoms with E-state index in [0.717, 1.165) is 5.01 Å². The van der Waals surface area contributed by atoms with Gasteiger partial charge in [-0.05, 0) is 12.8 Å². The lowest BCUT2D eigenvalue weighted by Crippen LogP contribution is -2.12. The van der Waals surface area contributed by atoms with Gasteiger partial charge in [0, 0.05) is 17.8 Å². The third kappa shape index (κ3) is 2.56. The summed E-state index contributed by atoms with van der Waals surface area (Å²) in [5, 5.41) is 12.4. The van der Waals surface area contributed by atoms with Gasteiger partial charge in [0.15, 0.2) is 0 Å². The molecule has 0 aromatic carbocycles. The highest BCUT2D eigenvalue weighted by Gasteiger charge is 2.19. The van der Waals surface area contributed by atoms with Crippen LogP contribution in [0.3, 0.4) is 0 Å². The third-order valence-electron chi connectivity index (χ3n) is 3.07. The molecular weight excluding hydrogens is 208 g/mol. The molecule has 1 heterocycles. The summed E-state index contributed by atoms with van der Waals surface area (Å²) in [4.78, 5) is 4.49. The van der Waals surface area contributed by atoms with Crippen LogP contribution >= 0.6 is 11.3 Å². The van der Waals surface area contributed by atoms with Crippen molar-refractivity contribution in [3.63, 3.8) is 0 Å². The van der Waals surface area contributed by atoms with Crippen LogP contribution in [0.1, 0.15) is 54.8 Å². The quantitative estimate of drug-likeness (QED) is 0.830. The second kappa shape index (κ2) is 5.05.